The molecule has 0 spiro atoms. The third-order valence-corrected chi connectivity index (χ3v) is 4.54. The minimum absolute atomic E-state index is 0.486. The van der Waals surface area contributed by atoms with Gasteiger partial charge in [-0.2, -0.15) is 0 Å². The summed E-state index contributed by atoms with van der Waals surface area (Å²) in [5, 5.41) is 15.4. The number of nitrogens with one attached hydrogen (secondary N) is 1. The van der Waals surface area contributed by atoms with Crippen molar-refractivity contribution in [2.24, 2.45) is 0 Å². The number of anilines is 1. The molecule has 3 rings (SSSR count). The van der Waals surface area contributed by atoms with Gasteiger partial charge in [0.15, 0.2) is 0 Å². The molecule has 0 unspecified atom stereocenters. The second-order valence-electron chi connectivity index (χ2n) is 5.33. The Morgan fingerprint density at radius 3 is 2.90 bits per heavy atom. The van der Waals surface area contributed by atoms with Crippen molar-refractivity contribution in [2.75, 3.05) is 25.1 Å². The van der Waals surface area contributed by atoms with E-state index in [-0.39, 0.29) is 0 Å². The first-order valence-corrected chi connectivity index (χ1v) is 8.02. The van der Waals surface area contributed by atoms with Crippen LogP contribution in [-0.4, -0.2) is 35.5 Å². The van der Waals surface area contributed by atoms with E-state index in [0.29, 0.717) is 37.6 Å². The highest BCUT2D eigenvalue weighted by Gasteiger charge is 2.29. The Hall–Kier alpha value is -0.880. The summed E-state index contributed by atoms with van der Waals surface area (Å²) in [5.74, 6) is 0. The Labute approximate surface area is 136 Å². The van der Waals surface area contributed by atoms with Crippen LogP contribution in [0.4, 0.5) is 5.69 Å². The van der Waals surface area contributed by atoms with Gasteiger partial charge >= 0.3 is 0 Å². The van der Waals surface area contributed by atoms with Gasteiger partial charge in [-0.15, -0.1) is 0 Å². The Morgan fingerprint density at radius 1 is 1.38 bits per heavy atom. The van der Waals surface area contributed by atoms with Crippen molar-refractivity contribution in [3.63, 3.8) is 0 Å². The van der Waals surface area contributed by atoms with Crippen LogP contribution >= 0.6 is 27.5 Å². The number of aromatic nitrogens is 1. The zero-order valence-electron chi connectivity index (χ0n) is 11.4. The lowest BCUT2D eigenvalue weighted by atomic mass is 9.94. The average Bonchev–Trinajstić information content (AvgIpc) is 2.46. The molecule has 0 aliphatic carbocycles. The Balaban J connectivity index is 1.87. The van der Waals surface area contributed by atoms with Crippen LogP contribution in [0.5, 0.6) is 0 Å². The summed E-state index contributed by atoms with van der Waals surface area (Å²) in [6, 6.07) is 5.70. The Morgan fingerprint density at radius 2 is 2.14 bits per heavy atom. The lowest BCUT2D eigenvalue weighted by Gasteiger charge is -2.32. The molecule has 4 nitrogen and oxygen atoms in total. The molecule has 1 aliphatic rings. The molecule has 0 bridgehead atoms. The molecule has 2 N–H and O–H groups in total. The monoisotopic (exact) mass is 370 g/mol. The zero-order valence-corrected chi connectivity index (χ0v) is 13.7. The molecule has 0 amide bonds. The van der Waals surface area contributed by atoms with Crippen LogP contribution in [-0.2, 0) is 4.74 Å². The van der Waals surface area contributed by atoms with Gasteiger partial charge in [0.25, 0.3) is 0 Å². The zero-order chi connectivity index (χ0) is 14.9. The summed E-state index contributed by atoms with van der Waals surface area (Å²) in [4.78, 5) is 4.32. The molecule has 112 valence electrons. The van der Waals surface area contributed by atoms with Crippen molar-refractivity contribution in [2.45, 2.75) is 18.4 Å². The summed E-state index contributed by atoms with van der Waals surface area (Å²) in [5.41, 5.74) is 0.955. The van der Waals surface area contributed by atoms with E-state index in [2.05, 4.69) is 26.2 Å². The minimum atomic E-state index is -0.719. The summed E-state index contributed by atoms with van der Waals surface area (Å²) >= 11 is 9.67. The maximum absolute atomic E-state index is 10.5. The highest BCUT2D eigenvalue weighted by molar-refractivity contribution is 9.10. The molecule has 2 heterocycles. The van der Waals surface area contributed by atoms with Gasteiger partial charge in [0.2, 0.25) is 0 Å². The summed E-state index contributed by atoms with van der Waals surface area (Å²) in [6.07, 6.45) is 3.01. The van der Waals surface area contributed by atoms with E-state index in [4.69, 9.17) is 16.3 Å². The van der Waals surface area contributed by atoms with Crippen molar-refractivity contribution in [1.29, 1.82) is 0 Å². The Kier molecular flexibility index (Phi) is 4.36. The first-order valence-electron chi connectivity index (χ1n) is 6.85. The number of ether oxygens (including phenoxy) is 1. The number of pyridine rings is 1. The average molecular weight is 372 g/mol. The molecular weight excluding hydrogens is 356 g/mol. The van der Waals surface area contributed by atoms with Crippen LogP contribution in [0.1, 0.15) is 12.8 Å². The maximum Gasteiger partial charge on any atom is 0.0909 e. The second-order valence-corrected chi connectivity index (χ2v) is 6.66. The fourth-order valence-corrected chi connectivity index (χ4v) is 3.38. The molecule has 6 heteroatoms. The smallest absolute Gasteiger partial charge is 0.0909 e. The third-order valence-electron chi connectivity index (χ3n) is 3.79. The SMILES string of the molecule is OC1(CNc2ccnc3c(Cl)cc(Br)cc23)CCOCC1. The standard InChI is InChI=1S/C15H16BrClN2O2/c16-10-7-11-13(1-4-18-14(11)12(17)8-10)19-9-15(20)2-5-21-6-3-15/h1,4,7-8,20H,2-3,5-6,9H2,(H,18,19). The topological polar surface area (TPSA) is 54.4 Å². The number of benzene rings is 1. The van der Waals surface area contributed by atoms with Crippen LogP contribution in [0.2, 0.25) is 5.02 Å². The van der Waals surface area contributed by atoms with Gasteiger partial charge in [0.05, 0.1) is 16.1 Å². The Bertz CT molecular complexity index is 659. The van der Waals surface area contributed by atoms with E-state index < -0.39 is 5.60 Å². The molecule has 1 aromatic carbocycles. The van der Waals surface area contributed by atoms with E-state index in [1.807, 2.05) is 18.2 Å². The highest BCUT2D eigenvalue weighted by atomic mass is 79.9. The van der Waals surface area contributed by atoms with Crippen molar-refractivity contribution in [3.8, 4) is 0 Å². The molecule has 0 atom stereocenters. The molecule has 2 aromatic rings. The predicted octanol–water partition coefficient (Wildman–Crippen LogP) is 3.60. The number of fused-ring (bicyclic) bond motifs is 1. The number of rotatable bonds is 3. The van der Waals surface area contributed by atoms with E-state index >= 15 is 0 Å². The van der Waals surface area contributed by atoms with Gasteiger partial charge in [0, 0.05) is 54.3 Å². The summed E-state index contributed by atoms with van der Waals surface area (Å²) in [7, 11) is 0. The predicted molar refractivity (Wildman–Crippen MR) is 87.9 cm³/mol. The highest BCUT2D eigenvalue weighted by Crippen LogP contribution is 2.31. The van der Waals surface area contributed by atoms with E-state index in [1.165, 1.54) is 0 Å². The van der Waals surface area contributed by atoms with Crippen LogP contribution in [0, 0.1) is 0 Å². The molecule has 1 aliphatic heterocycles. The van der Waals surface area contributed by atoms with E-state index in [9.17, 15) is 5.11 Å². The summed E-state index contributed by atoms with van der Waals surface area (Å²) in [6.45, 7) is 1.69. The molecule has 0 saturated carbocycles. The minimum Gasteiger partial charge on any atom is -0.388 e. The number of aliphatic hydroxyl groups is 1. The largest absolute Gasteiger partial charge is 0.388 e. The van der Waals surface area contributed by atoms with E-state index in [0.717, 1.165) is 21.1 Å². The molecule has 0 radical (unpaired) electrons. The fraction of sp³-hybridized carbons (Fsp3) is 0.400. The van der Waals surface area contributed by atoms with Gasteiger partial charge in [-0.25, -0.2) is 0 Å². The van der Waals surface area contributed by atoms with Crippen molar-refractivity contribution in [1.82, 2.24) is 4.98 Å². The van der Waals surface area contributed by atoms with E-state index in [1.54, 1.807) is 6.20 Å². The van der Waals surface area contributed by atoms with Crippen LogP contribution in [0.25, 0.3) is 10.9 Å². The number of nitrogens with zero attached hydrogens (tertiary/aromatic N) is 1. The maximum atomic E-state index is 10.5. The molecule has 21 heavy (non-hydrogen) atoms. The molecule has 1 saturated heterocycles. The van der Waals surface area contributed by atoms with Gasteiger partial charge in [-0.1, -0.05) is 27.5 Å². The lowest BCUT2D eigenvalue weighted by molar-refractivity contribution is -0.0543. The fourth-order valence-electron chi connectivity index (χ4n) is 2.52. The molecule has 1 aromatic heterocycles. The van der Waals surface area contributed by atoms with Crippen molar-refractivity contribution >= 4 is 44.1 Å². The molecule has 1 fully saturated rings. The second kappa shape index (κ2) is 6.08. The lowest BCUT2D eigenvalue weighted by Crippen LogP contribution is -2.42. The summed E-state index contributed by atoms with van der Waals surface area (Å²) < 4.78 is 6.20. The van der Waals surface area contributed by atoms with Gasteiger partial charge in [-0.3, -0.25) is 4.98 Å². The number of hydrogen-bond acceptors (Lipinski definition) is 4. The van der Waals surface area contributed by atoms with Crippen LogP contribution < -0.4 is 5.32 Å². The van der Waals surface area contributed by atoms with Crippen molar-refractivity contribution in [3.05, 3.63) is 33.9 Å². The van der Waals surface area contributed by atoms with Crippen LogP contribution in [0.3, 0.4) is 0 Å². The van der Waals surface area contributed by atoms with Crippen LogP contribution in [0.15, 0.2) is 28.9 Å². The van der Waals surface area contributed by atoms with Gasteiger partial charge < -0.3 is 15.2 Å². The number of halogens is 2. The van der Waals surface area contributed by atoms with Gasteiger partial charge in [0.1, 0.15) is 0 Å². The third kappa shape index (κ3) is 3.31. The quantitative estimate of drug-likeness (QED) is 0.865. The van der Waals surface area contributed by atoms with Crippen molar-refractivity contribution < 1.29 is 9.84 Å². The first kappa shape index (κ1) is 15.0. The molecular formula is C15H16BrClN2O2. The number of hydrogen-bond donors (Lipinski definition) is 2. The normalized spacial score (nSPS) is 17.9. The van der Waals surface area contributed by atoms with Gasteiger partial charge in [-0.05, 0) is 18.2 Å². The first-order chi connectivity index (χ1) is 10.1.